The van der Waals surface area contributed by atoms with Gasteiger partial charge in [0.05, 0.1) is 11.9 Å². The number of anilines is 1. The molecule has 0 saturated heterocycles. The molecular formula is C14H20Cl2N2O3S. The summed E-state index contributed by atoms with van der Waals surface area (Å²) in [5.41, 5.74) is 0.275. The van der Waals surface area contributed by atoms with E-state index in [1.54, 1.807) is 7.05 Å². The molecule has 1 amide bonds. The number of unbranched alkanes of at least 4 members (excludes halogenated alkanes) is 1. The lowest BCUT2D eigenvalue weighted by molar-refractivity contribution is -0.128. The summed E-state index contributed by atoms with van der Waals surface area (Å²) < 4.78 is 25.0. The largest absolute Gasteiger partial charge is 0.344 e. The molecule has 0 radical (unpaired) electrons. The highest BCUT2D eigenvalue weighted by Crippen LogP contribution is 2.27. The number of likely N-dealkylation sites (N-methyl/N-ethyl adjacent to an activating group) is 1. The predicted molar refractivity (Wildman–Crippen MR) is 91.2 cm³/mol. The first-order valence-electron chi connectivity index (χ1n) is 6.83. The molecule has 0 saturated carbocycles. The van der Waals surface area contributed by atoms with E-state index in [1.165, 1.54) is 23.1 Å². The average Bonchev–Trinajstić information content (AvgIpc) is 2.39. The van der Waals surface area contributed by atoms with Crippen molar-refractivity contribution in [1.29, 1.82) is 0 Å². The lowest BCUT2D eigenvalue weighted by Gasteiger charge is -2.25. The summed E-state index contributed by atoms with van der Waals surface area (Å²) in [6.45, 7) is 2.33. The first kappa shape index (κ1) is 19.1. The number of carbonyl (C=O) groups is 1. The molecule has 0 fully saturated rings. The second-order valence-electron chi connectivity index (χ2n) is 5.07. The minimum atomic E-state index is -3.63. The second kappa shape index (κ2) is 8.04. The Morgan fingerprint density at radius 3 is 2.18 bits per heavy atom. The zero-order valence-corrected chi connectivity index (χ0v) is 15.2. The molecular weight excluding hydrogens is 347 g/mol. The Bertz CT molecular complexity index is 615. The topological polar surface area (TPSA) is 57.7 Å². The summed E-state index contributed by atoms with van der Waals surface area (Å²) in [5.74, 6) is -0.282. The number of amides is 1. The van der Waals surface area contributed by atoms with Gasteiger partial charge in [-0.3, -0.25) is 9.10 Å². The van der Waals surface area contributed by atoms with Crippen LogP contribution >= 0.6 is 23.2 Å². The van der Waals surface area contributed by atoms with E-state index in [0.29, 0.717) is 16.6 Å². The molecule has 0 heterocycles. The number of hydrogen-bond donors (Lipinski definition) is 0. The number of hydrogen-bond acceptors (Lipinski definition) is 3. The molecule has 5 nitrogen and oxygen atoms in total. The average molecular weight is 367 g/mol. The van der Waals surface area contributed by atoms with Crippen LogP contribution in [0.4, 0.5) is 5.69 Å². The van der Waals surface area contributed by atoms with Crippen LogP contribution in [0.5, 0.6) is 0 Å². The van der Waals surface area contributed by atoms with Crippen LogP contribution in [0.25, 0.3) is 0 Å². The van der Waals surface area contributed by atoms with Gasteiger partial charge in [-0.15, -0.1) is 0 Å². The Labute approximate surface area is 141 Å². The van der Waals surface area contributed by atoms with Gasteiger partial charge in [0.1, 0.15) is 6.54 Å². The van der Waals surface area contributed by atoms with Crippen LogP contribution < -0.4 is 4.31 Å². The number of rotatable bonds is 7. The van der Waals surface area contributed by atoms with Crippen LogP contribution in [-0.2, 0) is 14.8 Å². The van der Waals surface area contributed by atoms with E-state index in [4.69, 9.17) is 23.2 Å². The number of nitrogens with zero attached hydrogens (tertiary/aromatic N) is 2. The predicted octanol–water partition coefficient (Wildman–Crippen LogP) is 3.02. The Morgan fingerprint density at radius 1 is 1.18 bits per heavy atom. The van der Waals surface area contributed by atoms with Crippen LogP contribution in [0.3, 0.4) is 0 Å². The maximum atomic E-state index is 12.2. The minimum Gasteiger partial charge on any atom is -0.344 e. The third-order valence-corrected chi connectivity index (χ3v) is 4.66. The van der Waals surface area contributed by atoms with Crippen LogP contribution in [-0.4, -0.2) is 45.6 Å². The molecule has 8 heteroatoms. The highest BCUT2D eigenvalue weighted by Gasteiger charge is 2.23. The second-order valence-corrected chi connectivity index (χ2v) is 7.85. The van der Waals surface area contributed by atoms with E-state index in [0.717, 1.165) is 23.4 Å². The molecule has 0 aliphatic rings. The zero-order chi connectivity index (χ0) is 16.9. The third kappa shape index (κ3) is 5.66. The molecule has 0 aliphatic heterocycles. The molecule has 0 bridgehead atoms. The molecule has 1 aromatic rings. The van der Waals surface area contributed by atoms with Crippen LogP contribution in [0.1, 0.15) is 19.8 Å². The Hall–Kier alpha value is -0.980. The zero-order valence-electron chi connectivity index (χ0n) is 12.8. The quantitative estimate of drug-likeness (QED) is 0.744. The monoisotopic (exact) mass is 366 g/mol. The fourth-order valence-corrected chi connectivity index (χ4v) is 3.19. The molecule has 0 atom stereocenters. The van der Waals surface area contributed by atoms with Crippen LogP contribution in [0.15, 0.2) is 18.2 Å². The van der Waals surface area contributed by atoms with Gasteiger partial charge in [0.2, 0.25) is 15.9 Å². The molecule has 22 heavy (non-hydrogen) atoms. The van der Waals surface area contributed by atoms with Gasteiger partial charge in [-0.1, -0.05) is 36.5 Å². The maximum Gasteiger partial charge on any atom is 0.243 e. The number of carbonyl (C=O) groups excluding carboxylic acids is 1. The van der Waals surface area contributed by atoms with E-state index in [-0.39, 0.29) is 18.1 Å². The van der Waals surface area contributed by atoms with Gasteiger partial charge in [-0.05, 0) is 24.6 Å². The van der Waals surface area contributed by atoms with E-state index in [1.807, 2.05) is 6.92 Å². The van der Waals surface area contributed by atoms with E-state index in [2.05, 4.69) is 0 Å². The normalized spacial score (nSPS) is 11.3. The van der Waals surface area contributed by atoms with Crippen molar-refractivity contribution in [3.05, 3.63) is 28.2 Å². The third-order valence-electron chi connectivity index (χ3n) is 3.09. The fraction of sp³-hybridized carbons (Fsp3) is 0.500. The number of benzene rings is 1. The van der Waals surface area contributed by atoms with E-state index in [9.17, 15) is 13.2 Å². The van der Waals surface area contributed by atoms with Gasteiger partial charge in [-0.2, -0.15) is 0 Å². The first-order chi connectivity index (χ1) is 10.1. The fourth-order valence-electron chi connectivity index (χ4n) is 1.85. The van der Waals surface area contributed by atoms with Crippen LogP contribution in [0.2, 0.25) is 10.0 Å². The summed E-state index contributed by atoms with van der Waals surface area (Å²) in [5, 5.41) is 0.617. The van der Waals surface area contributed by atoms with Gasteiger partial charge in [0.25, 0.3) is 0 Å². The molecule has 124 valence electrons. The summed E-state index contributed by atoms with van der Waals surface area (Å²) in [4.78, 5) is 13.7. The van der Waals surface area contributed by atoms with Crippen molar-refractivity contribution in [1.82, 2.24) is 4.90 Å². The van der Waals surface area contributed by atoms with Crippen molar-refractivity contribution in [2.45, 2.75) is 19.8 Å². The van der Waals surface area contributed by atoms with Gasteiger partial charge >= 0.3 is 0 Å². The van der Waals surface area contributed by atoms with Gasteiger partial charge in [0.15, 0.2) is 0 Å². The van der Waals surface area contributed by atoms with Crippen molar-refractivity contribution >= 4 is 44.8 Å². The van der Waals surface area contributed by atoms with Crippen molar-refractivity contribution in [2.75, 3.05) is 30.7 Å². The van der Waals surface area contributed by atoms with E-state index < -0.39 is 10.0 Å². The lowest BCUT2D eigenvalue weighted by Crippen LogP contribution is -2.41. The number of sulfonamides is 1. The van der Waals surface area contributed by atoms with Gasteiger partial charge in [-0.25, -0.2) is 8.42 Å². The van der Waals surface area contributed by atoms with Crippen molar-refractivity contribution in [2.24, 2.45) is 0 Å². The Balaban J connectivity index is 3.03. The lowest BCUT2D eigenvalue weighted by atomic mass is 10.3. The number of halogens is 2. The van der Waals surface area contributed by atoms with Crippen molar-refractivity contribution in [3.8, 4) is 0 Å². The molecule has 0 spiro atoms. The Kier molecular flexibility index (Phi) is 6.97. The molecule has 0 aromatic heterocycles. The summed E-state index contributed by atoms with van der Waals surface area (Å²) in [6, 6.07) is 4.43. The molecule has 1 rings (SSSR count). The summed E-state index contributed by atoms with van der Waals surface area (Å²) in [6.07, 6.45) is 2.86. The standard InChI is InChI=1S/C14H20Cl2N2O3S/c1-4-5-6-17(2)14(19)10-18(22(3,20)21)13-8-11(15)7-12(16)9-13/h7-9H,4-6,10H2,1-3H3. The summed E-state index contributed by atoms with van der Waals surface area (Å²) >= 11 is 11.8. The summed E-state index contributed by atoms with van der Waals surface area (Å²) in [7, 11) is -1.98. The smallest absolute Gasteiger partial charge is 0.243 e. The molecule has 0 unspecified atom stereocenters. The maximum absolute atomic E-state index is 12.2. The van der Waals surface area contributed by atoms with Crippen LogP contribution in [0, 0.1) is 0 Å². The highest BCUT2D eigenvalue weighted by atomic mass is 35.5. The molecule has 0 aliphatic carbocycles. The van der Waals surface area contributed by atoms with Gasteiger partial charge in [0, 0.05) is 23.6 Å². The van der Waals surface area contributed by atoms with Crippen molar-refractivity contribution < 1.29 is 13.2 Å². The van der Waals surface area contributed by atoms with Gasteiger partial charge < -0.3 is 4.90 Å². The van der Waals surface area contributed by atoms with E-state index >= 15 is 0 Å². The SMILES string of the molecule is CCCCN(C)C(=O)CN(c1cc(Cl)cc(Cl)c1)S(C)(=O)=O. The Morgan fingerprint density at radius 2 is 1.73 bits per heavy atom. The van der Waals surface area contributed by atoms with Crippen molar-refractivity contribution in [3.63, 3.8) is 0 Å². The highest BCUT2D eigenvalue weighted by molar-refractivity contribution is 7.92. The molecule has 0 N–H and O–H groups in total. The minimum absolute atomic E-state index is 0.275. The first-order valence-corrected chi connectivity index (χ1v) is 9.43. The molecule has 1 aromatic carbocycles.